The van der Waals surface area contributed by atoms with E-state index in [9.17, 15) is 27.6 Å². The van der Waals surface area contributed by atoms with Crippen molar-refractivity contribution in [2.24, 2.45) is 0 Å². The van der Waals surface area contributed by atoms with Crippen LogP contribution in [0.2, 0.25) is 0 Å². The third-order valence-electron chi connectivity index (χ3n) is 8.97. The van der Waals surface area contributed by atoms with Crippen molar-refractivity contribution in [2.75, 3.05) is 31.7 Å². The standard InChI is InChI=1S/C27H28F3NO3S.C20H22O4S/c1-5-33-26(32)16-34-23-13-19(4)25(14-17(23)2)35-24-11-6-20(12-18(24)3)15-31-22-9-7-21(8-10-22)27(28,29)30;1-5-23-20(22)12-24-17-9-15(4)19(10-13(17)2)25-18-7-6-16(11-21)8-14(18)3/h6-14,31H,5,15-16H2,1-4H3;6-11H,5,12H2,1-4H3. The Kier molecular flexibility index (Phi) is 17.6. The van der Waals surface area contributed by atoms with E-state index in [-0.39, 0.29) is 19.2 Å². The van der Waals surface area contributed by atoms with Gasteiger partial charge in [-0.2, -0.15) is 13.2 Å². The van der Waals surface area contributed by atoms with Gasteiger partial charge in [0.15, 0.2) is 13.2 Å². The molecular formula is C47H50F3NO7S2. The lowest BCUT2D eigenvalue weighted by molar-refractivity contribution is -0.146. The van der Waals surface area contributed by atoms with Gasteiger partial charge in [0, 0.05) is 37.4 Å². The monoisotopic (exact) mass is 861 g/mol. The molecule has 0 saturated carbocycles. The predicted molar refractivity (Wildman–Crippen MR) is 231 cm³/mol. The molecule has 0 aromatic heterocycles. The Hall–Kier alpha value is -5.40. The molecule has 0 radical (unpaired) electrons. The normalized spacial score (nSPS) is 10.9. The molecule has 318 valence electrons. The first-order valence-electron chi connectivity index (χ1n) is 19.2. The van der Waals surface area contributed by atoms with Crippen LogP contribution in [-0.2, 0) is 31.8 Å². The van der Waals surface area contributed by atoms with Gasteiger partial charge in [0.05, 0.1) is 18.8 Å². The van der Waals surface area contributed by atoms with Gasteiger partial charge in [0.2, 0.25) is 0 Å². The lowest BCUT2D eigenvalue weighted by Crippen LogP contribution is -2.15. The topological polar surface area (TPSA) is 100 Å². The van der Waals surface area contributed by atoms with Crippen LogP contribution in [0, 0.1) is 41.5 Å². The number of carbonyl (C=O) groups excluding carboxylic acids is 3. The predicted octanol–water partition coefficient (Wildman–Crippen LogP) is 11.9. The molecule has 0 fully saturated rings. The number of hydrogen-bond donors (Lipinski definition) is 1. The molecule has 0 heterocycles. The summed E-state index contributed by atoms with van der Waals surface area (Å²) in [4.78, 5) is 38.3. The van der Waals surface area contributed by atoms with Crippen LogP contribution >= 0.6 is 23.5 Å². The molecule has 0 saturated heterocycles. The van der Waals surface area contributed by atoms with Gasteiger partial charge in [-0.3, -0.25) is 4.79 Å². The summed E-state index contributed by atoms with van der Waals surface area (Å²) in [6.07, 6.45) is -3.48. The number of rotatable bonds is 16. The van der Waals surface area contributed by atoms with Crippen molar-refractivity contribution in [3.8, 4) is 11.5 Å². The molecule has 8 nitrogen and oxygen atoms in total. The van der Waals surface area contributed by atoms with Gasteiger partial charge < -0.3 is 24.3 Å². The Labute approximate surface area is 358 Å². The number of aldehydes is 1. The second-order valence-electron chi connectivity index (χ2n) is 13.8. The maximum absolute atomic E-state index is 12.7. The average molecular weight is 862 g/mol. The molecule has 0 atom stereocenters. The van der Waals surface area contributed by atoms with Gasteiger partial charge >= 0.3 is 18.1 Å². The highest BCUT2D eigenvalue weighted by Gasteiger charge is 2.30. The Balaban J connectivity index is 0.000000280. The lowest BCUT2D eigenvalue weighted by atomic mass is 10.1. The van der Waals surface area contributed by atoms with E-state index in [0.717, 1.165) is 76.9 Å². The van der Waals surface area contributed by atoms with E-state index < -0.39 is 17.7 Å². The highest BCUT2D eigenvalue weighted by Crippen LogP contribution is 2.38. The molecular weight excluding hydrogens is 812 g/mol. The zero-order valence-corrected chi connectivity index (χ0v) is 36.6. The van der Waals surface area contributed by atoms with Crippen molar-refractivity contribution >= 4 is 47.4 Å². The summed E-state index contributed by atoms with van der Waals surface area (Å²) < 4.78 is 59.1. The summed E-state index contributed by atoms with van der Waals surface area (Å²) in [5.74, 6) is 0.569. The zero-order chi connectivity index (χ0) is 44.0. The van der Waals surface area contributed by atoms with Crippen LogP contribution in [0.5, 0.6) is 11.5 Å². The Morgan fingerprint density at radius 2 is 1.07 bits per heavy atom. The van der Waals surface area contributed by atoms with Crippen molar-refractivity contribution in [3.05, 3.63) is 135 Å². The van der Waals surface area contributed by atoms with E-state index >= 15 is 0 Å². The summed E-state index contributed by atoms with van der Waals surface area (Å²) in [7, 11) is 0. The third-order valence-corrected chi connectivity index (χ3v) is 11.6. The summed E-state index contributed by atoms with van der Waals surface area (Å²) in [6, 6.07) is 24.8. The second-order valence-corrected chi connectivity index (χ2v) is 16.0. The van der Waals surface area contributed by atoms with E-state index in [0.29, 0.717) is 42.5 Å². The van der Waals surface area contributed by atoms with Crippen molar-refractivity contribution in [3.63, 3.8) is 0 Å². The number of esters is 2. The maximum Gasteiger partial charge on any atom is 0.416 e. The lowest BCUT2D eigenvalue weighted by Gasteiger charge is -2.15. The van der Waals surface area contributed by atoms with E-state index in [1.54, 1.807) is 37.4 Å². The first kappa shape index (κ1) is 47.3. The minimum Gasteiger partial charge on any atom is -0.482 e. The van der Waals surface area contributed by atoms with Crippen LogP contribution in [0.4, 0.5) is 18.9 Å². The summed E-state index contributed by atoms with van der Waals surface area (Å²) in [5.41, 5.74) is 7.82. The second kappa shape index (κ2) is 22.3. The SMILES string of the molecule is CCOC(=O)COc1cc(C)c(Sc2ccc(C=O)cc2C)cc1C.CCOC(=O)COc1cc(C)c(Sc2ccc(CNc3ccc(C(F)(F)F)cc3)cc2C)cc1C. The average Bonchev–Trinajstić information content (AvgIpc) is 3.20. The van der Waals surface area contributed by atoms with Crippen LogP contribution in [0.3, 0.4) is 0 Å². The molecule has 60 heavy (non-hydrogen) atoms. The van der Waals surface area contributed by atoms with Crippen molar-refractivity contribution in [2.45, 2.75) is 87.7 Å². The van der Waals surface area contributed by atoms with Crippen LogP contribution in [0.25, 0.3) is 0 Å². The van der Waals surface area contributed by atoms with E-state index in [1.807, 2.05) is 96.1 Å². The van der Waals surface area contributed by atoms with Crippen molar-refractivity contribution in [1.82, 2.24) is 0 Å². The minimum absolute atomic E-state index is 0.0904. The highest BCUT2D eigenvalue weighted by molar-refractivity contribution is 7.99. The molecule has 0 bridgehead atoms. The number of ether oxygens (including phenoxy) is 4. The smallest absolute Gasteiger partial charge is 0.416 e. The van der Waals surface area contributed by atoms with Gasteiger partial charge in [-0.05, 0) is 161 Å². The van der Waals surface area contributed by atoms with Gasteiger partial charge in [0.1, 0.15) is 17.8 Å². The number of carbonyl (C=O) groups is 3. The Bertz CT molecular complexity index is 2280. The van der Waals surface area contributed by atoms with Crippen LogP contribution in [-0.4, -0.2) is 44.7 Å². The van der Waals surface area contributed by atoms with E-state index in [4.69, 9.17) is 18.9 Å². The molecule has 1 N–H and O–H groups in total. The maximum atomic E-state index is 12.7. The Morgan fingerprint density at radius 3 is 1.50 bits per heavy atom. The van der Waals surface area contributed by atoms with Crippen molar-refractivity contribution < 1.29 is 46.5 Å². The molecule has 13 heteroatoms. The van der Waals surface area contributed by atoms with Crippen LogP contribution in [0.15, 0.2) is 105 Å². The molecule has 0 unspecified atom stereocenters. The van der Waals surface area contributed by atoms with Crippen LogP contribution in [0.1, 0.15) is 68.7 Å². The Morgan fingerprint density at radius 1 is 0.600 bits per heavy atom. The fourth-order valence-corrected chi connectivity index (χ4v) is 7.85. The molecule has 5 aromatic rings. The molecule has 5 aromatic carbocycles. The van der Waals surface area contributed by atoms with Crippen molar-refractivity contribution in [1.29, 1.82) is 0 Å². The molecule has 0 aliphatic rings. The van der Waals surface area contributed by atoms with E-state index in [1.165, 1.54) is 12.1 Å². The number of aryl methyl sites for hydroxylation is 6. The first-order chi connectivity index (χ1) is 28.5. The molecule has 0 aliphatic heterocycles. The quantitative estimate of drug-likeness (QED) is 0.0762. The van der Waals surface area contributed by atoms with Gasteiger partial charge in [-0.25, -0.2) is 9.59 Å². The fourth-order valence-electron chi connectivity index (χ4n) is 5.75. The molecule has 0 aliphatic carbocycles. The third kappa shape index (κ3) is 14.1. The van der Waals surface area contributed by atoms with Crippen LogP contribution < -0.4 is 14.8 Å². The van der Waals surface area contributed by atoms with E-state index in [2.05, 4.69) is 11.4 Å². The number of hydrogen-bond acceptors (Lipinski definition) is 10. The number of benzene rings is 5. The summed E-state index contributed by atoms with van der Waals surface area (Å²) in [6.45, 7) is 16.4. The summed E-state index contributed by atoms with van der Waals surface area (Å²) >= 11 is 3.30. The van der Waals surface area contributed by atoms with Gasteiger partial charge in [-0.15, -0.1) is 0 Å². The molecule has 0 amide bonds. The fraction of sp³-hybridized carbons (Fsp3) is 0.298. The molecule has 5 rings (SSSR count). The minimum atomic E-state index is -4.34. The zero-order valence-electron chi connectivity index (χ0n) is 35.0. The number of nitrogens with one attached hydrogen (secondary N) is 1. The number of alkyl halides is 3. The highest BCUT2D eigenvalue weighted by atomic mass is 32.2. The number of anilines is 1. The number of halogens is 3. The molecule has 0 spiro atoms. The van der Waals surface area contributed by atoms with Gasteiger partial charge in [-0.1, -0.05) is 41.7 Å². The van der Waals surface area contributed by atoms with Gasteiger partial charge in [0.25, 0.3) is 0 Å². The first-order valence-corrected chi connectivity index (χ1v) is 20.9. The largest absolute Gasteiger partial charge is 0.482 e. The summed E-state index contributed by atoms with van der Waals surface area (Å²) in [5, 5.41) is 3.17.